The first-order chi connectivity index (χ1) is 21.5. The molecule has 0 atom stereocenters. The first-order valence-electron chi connectivity index (χ1n) is 16.3. The van der Waals surface area contributed by atoms with Crippen LogP contribution in [0.15, 0.2) is 48.7 Å². The minimum Gasteiger partial charge on any atom is -0.493 e. The molecule has 2 aromatic carbocycles. The minimum absolute atomic E-state index is 0.0149. The van der Waals surface area contributed by atoms with Gasteiger partial charge in [0.2, 0.25) is 11.8 Å². The number of hydrogen-bond acceptors (Lipinski definition) is 5. The van der Waals surface area contributed by atoms with Gasteiger partial charge in [-0.3, -0.25) is 9.59 Å². The second-order valence-electron chi connectivity index (χ2n) is 11.5. The Morgan fingerprint density at radius 2 is 1.48 bits per heavy atom. The maximum Gasteiger partial charge on any atom is 0.242 e. The topological polar surface area (TPSA) is 84.1 Å². The van der Waals surface area contributed by atoms with Crippen molar-refractivity contribution in [3.8, 4) is 11.5 Å². The molecule has 3 aromatic rings. The first kappa shape index (κ1) is 35.0. The second kappa shape index (κ2) is 19.7. The summed E-state index contributed by atoms with van der Waals surface area (Å²) in [4.78, 5) is 34.0. The number of aromatic amines is 1. The molecule has 0 aliphatic carbocycles. The van der Waals surface area contributed by atoms with Crippen molar-refractivity contribution in [2.24, 2.45) is 0 Å². The van der Waals surface area contributed by atoms with E-state index >= 15 is 0 Å². The molecule has 0 aliphatic heterocycles. The second-order valence-corrected chi connectivity index (χ2v) is 11.5. The maximum atomic E-state index is 13.9. The number of hydrogen-bond donors (Lipinski definition) is 1. The summed E-state index contributed by atoms with van der Waals surface area (Å²) in [7, 11) is 4.83. The summed E-state index contributed by atoms with van der Waals surface area (Å²) in [5.41, 5.74) is 3.16. The average Bonchev–Trinajstić information content (AvgIpc) is 3.46. The van der Waals surface area contributed by atoms with E-state index in [2.05, 4.69) is 24.0 Å². The average molecular weight is 608 g/mol. The monoisotopic (exact) mass is 607 g/mol. The fraction of sp³-hybridized carbons (Fsp3) is 0.556. The van der Waals surface area contributed by atoms with Crippen LogP contribution in [0.5, 0.6) is 11.5 Å². The van der Waals surface area contributed by atoms with Gasteiger partial charge >= 0.3 is 0 Å². The van der Waals surface area contributed by atoms with Gasteiger partial charge in [0.05, 0.1) is 27.4 Å². The van der Waals surface area contributed by atoms with Crippen LogP contribution in [0.25, 0.3) is 10.9 Å². The zero-order valence-corrected chi connectivity index (χ0v) is 27.4. The summed E-state index contributed by atoms with van der Waals surface area (Å²) in [6, 6.07) is 13.9. The molecular formula is C36H53N3O5. The molecule has 0 aliphatic rings. The third-order valence-electron chi connectivity index (χ3n) is 8.24. The molecule has 1 heterocycles. The van der Waals surface area contributed by atoms with Gasteiger partial charge in [0.15, 0.2) is 11.5 Å². The Morgan fingerprint density at radius 1 is 0.773 bits per heavy atom. The molecule has 0 saturated heterocycles. The number of unbranched alkanes of at least 4 members (excludes halogenated alkanes) is 8. The molecule has 0 spiro atoms. The number of carbonyl (C=O) groups is 2. The predicted molar refractivity (Wildman–Crippen MR) is 177 cm³/mol. The van der Waals surface area contributed by atoms with E-state index in [0.717, 1.165) is 41.3 Å². The van der Waals surface area contributed by atoms with Gasteiger partial charge in [-0.2, -0.15) is 0 Å². The van der Waals surface area contributed by atoms with Crippen LogP contribution in [0.3, 0.4) is 0 Å². The van der Waals surface area contributed by atoms with Gasteiger partial charge in [-0.25, -0.2) is 0 Å². The quantitative estimate of drug-likeness (QED) is 0.123. The van der Waals surface area contributed by atoms with Crippen molar-refractivity contribution >= 4 is 22.7 Å². The number of para-hydroxylation sites is 1. The molecular weight excluding hydrogens is 554 g/mol. The predicted octanol–water partition coefficient (Wildman–Crippen LogP) is 7.15. The number of nitrogens with zero attached hydrogens (tertiary/aromatic N) is 2. The van der Waals surface area contributed by atoms with E-state index < -0.39 is 0 Å². The zero-order valence-electron chi connectivity index (χ0n) is 27.4. The highest BCUT2D eigenvalue weighted by atomic mass is 16.5. The van der Waals surface area contributed by atoms with Crippen molar-refractivity contribution in [2.45, 2.75) is 84.1 Å². The van der Waals surface area contributed by atoms with Crippen LogP contribution < -0.4 is 9.47 Å². The Kier molecular flexibility index (Phi) is 15.7. The van der Waals surface area contributed by atoms with Crippen LogP contribution in [-0.4, -0.2) is 74.2 Å². The summed E-state index contributed by atoms with van der Waals surface area (Å²) >= 11 is 0. The number of benzene rings is 2. The van der Waals surface area contributed by atoms with Crippen LogP contribution in [0.4, 0.5) is 0 Å². The molecule has 0 unspecified atom stereocenters. The maximum absolute atomic E-state index is 13.9. The molecule has 1 aromatic heterocycles. The Bertz CT molecular complexity index is 1270. The lowest BCUT2D eigenvalue weighted by Gasteiger charge is -2.28. The number of aromatic nitrogens is 1. The molecule has 242 valence electrons. The minimum atomic E-state index is -0.0869. The number of rotatable bonds is 22. The summed E-state index contributed by atoms with van der Waals surface area (Å²) < 4.78 is 16.2. The van der Waals surface area contributed by atoms with E-state index in [4.69, 9.17) is 14.2 Å². The molecule has 0 fully saturated rings. The van der Waals surface area contributed by atoms with Crippen molar-refractivity contribution in [2.75, 3.05) is 47.6 Å². The number of amides is 2. The number of H-pyrrole nitrogens is 1. The van der Waals surface area contributed by atoms with E-state index in [1.54, 1.807) is 26.2 Å². The normalized spacial score (nSPS) is 11.1. The van der Waals surface area contributed by atoms with Crippen molar-refractivity contribution in [1.29, 1.82) is 0 Å². The molecule has 0 saturated carbocycles. The van der Waals surface area contributed by atoms with E-state index in [1.807, 2.05) is 41.4 Å². The Labute approximate surface area is 264 Å². The molecule has 44 heavy (non-hydrogen) atoms. The van der Waals surface area contributed by atoms with E-state index in [-0.39, 0.29) is 18.4 Å². The van der Waals surface area contributed by atoms with E-state index in [1.165, 1.54) is 38.5 Å². The molecule has 8 nitrogen and oxygen atoms in total. The lowest BCUT2D eigenvalue weighted by molar-refractivity contribution is -0.141. The van der Waals surface area contributed by atoms with Crippen LogP contribution in [0.1, 0.15) is 82.3 Å². The Morgan fingerprint density at radius 3 is 2.18 bits per heavy atom. The van der Waals surface area contributed by atoms with Crippen LogP contribution in [0, 0.1) is 0 Å². The standard InChI is InChI=1S/C36H53N3O5/c1-5-6-7-8-9-10-11-12-13-18-35(40)39(23-24-42-2)28-36(41)38(27-29-19-20-33(43-3)34(25-29)44-4)22-21-30-26-37-32-17-15-14-16-31(30)32/h14-17,19-20,25-26,37H,5-13,18,21-24,27-28H2,1-4H3. The number of nitrogens with one attached hydrogen (secondary N) is 1. The SMILES string of the molecule is CCCCCCCCCCCC(=O)N(CCOC)CC(=O)N(CCc1c[nH]c2ccccc12)Cc1ccc(OC)c(OC)c1. The zero-order chi connectivity index (χ0) is 31.6. The van der Waals surface area contributed by atoms with Crippen LogP contribution in [-0.2, 0) is 27.3 Å². The summed E-state index contributed by atoms with van der Waals surface area (Å²) in [5, 5.41) is 1.16. The fourth-order valence-corrected chi connectivity index (χ4v) is 5.59. The summed E-state index contributed by atoms with van der Waals surface area (Å²) in [6.07, 6.45) is 13.9. The van der Waals surface area contributed by atoms with Gasteiger partial charge in [0, 0.05) is 50.3 Å². The molecule has 2 amide bonds. The van der Waals surface area contributed by atoms with Gasteiger partial charge in [0.25, 0.3) is 0 Å². The van der Waals surface area contributed by atoms with Gasteiger partial charge in [-0.15, -0.1) is 0 Å². The van der Waals surface area contributed by atoms with Crippen molar-refractivity contribution < 1.29 is 23.8 Å². The number of ether oxygens (including phenoxy) is 3. The lowest BCUT2D eigenvalue weighted by atomic mass is 10.1. The fourth-order valence-electron chi connectivity index (χ4n) is 5.59. The third-order valence-corrected chi connectivity index (χ3v) is 8.24. The van der Waals surface area contributed by atoms with Crippen LogP contribution >= 0.6 is 0 Å². The lowest BCUT2D eigenvalue weighted by Crippen LogP contribution is -2.44. The highest BCUT2D eigenvalue weighted by Crippen LogP contribution is 2.28. The van der Waals surface area contributed by atoms with E-state index in [9.17, 15) is 9.59 Å². The third kappa shape index (κ3) is 11.2. The largest absolute Gasteiger partial charge is 0.493 e. The Balaban J connectivity index is 1.66. The highest BCUT2D eigenvalue weighted by molar-refractivity contribution is 5.85. The molecule has 0 radical (unpaired) electrons. The summed E-state index contributed by atoms with van der Waals surface area (Å²) in [5.74, 6) is 1.19. The van der Waals surface area contributed by atoms with Crippen molar-refractivity contribution in [3.63, 3.8) is 0 Å². The highest BCUT2D eigenvalue weighted by Gasteiger charge is 2.22. The molecule has 3 rings (SSSR count). The van der Waals surface area contributed by atoms with Crippen LogP contribution in [0.2, 0.25) is 0 Å². The van der Waals surface area contributed by atoms with Gasteiger partial charge in [0.1, 0.15) is 0 Å². The Hall–Kier alpha value is -3.52. The molecule has 0 bridgehead atoms. The summed E-state index contributed by atoms with van der Waals surface area (Å²) in [6.45, 7) is 3.96. The molecule has 1 N–H and O–H groups in total. The number of methoxy groups -OCH3 is 3. The number of fused-ring (bicyclic) bond motifs is 1. The van der Waals surface area contributed by atoms with E-state index in [0.29, 0.717) is 50.6 Å². The van der Waals surface area contributed by atoms with Gasteiger partial charge in [-0.05, 0) is 42.2 Å². The number of carbonyl (C=O) groups excluding carboxylic acids is 2. The van der Waals surface area contributed by atoms with Crippen molar-refractivity contribution in [1.82, 2.24) is 14.8 Å². The first-order valence-corrected chi connectivity index (χ1v) is 16.3. The smallest absolute Gasteiger partial charge is 0.242 e. The molecule has 8 heteroatoms. The van der Waals surface area contributed by atoms with Crippen molar-refractivity contribution in [3.05, 3.63) is 59.8 Å². The van der Waals surface area contributed by atoms with Gasteiger partial charge in [-0.1, -0.05) is 82.6 Å². The van der Waals surface area contributed by atoms with Gasteiger partial charge < -0.3 is 29.0 Å².